The lowest BCUT2D eigenvalue weighted by molar-refractivity contribution is -0.128. The van der Waals surface area contributed by atoms with Crippen LogP contribution in [0.15, 0.2) is 30.9 Å². The van der Waals surface area contributed by atoms with Crippen molar-refractivity contribution in [3.8, 4) is 12.1 Å². The second-order valence-corrected chi connectivity index (χ2v) is 12.7. The molecule has 244 valence electrons. The number of esters is 1. The number of hydrogen-bond donors (Lipinski definition) is 0. The highest BCUT2D eigenvalue weighted by Crippen LogP contribution is 2.37. The number of likely N-dealkylation sites (tertiary alicyclic amines) is 1. The monoisotopic (exact) mass is 627 g/mol. The highest BCUT2D eigenvalue weighted by Gasteiger charge is 2.35. The van der Waals surface area contributed by atoms with Gasteiger partial charge in [-0.1, -0.05) is 13.5 Å². The number of fused-ring (bicyclic) bond motifs is 2. The molecule has 46 heavy (non-hydrogen) atoms. The summed E-state index contributed by atoms with van der Waals surface area (Å²) in [5, 5.41) is 9.57. The van der Waals surface area contributed by atoms with Gasteiger partial charge in [0.25, 0.3) is 0 Å². The van der Waals surface area contributed by atoms with Crippen molar-refractivity contribution in [3.63, 3.8) is 0 Å². The average molecular weight is 628 g/mol. The molecule has 0 N–H and O–H groups in total. The summed E-state index contributed by atoms with van der Waals surface area (Å²) in [7, 11) is 1.42. The maximum atomic E-state index is 12.6. The molecular weight excluding hydrogens is 582 g/mol. The Labute approximate surface area is 271 Å². The Morgan fingerprint density at radius 1 is 1.11 bits per heavy atom. The molecule has 3 aliphatic heterocycles. The van der Waals surface area contributed by atoms with Crippen LogP contribution < -0.4 is 14.5 Å². The second-order valence-electron chi connectivity index (χ2n) is 12.7. The van der Waals surface area contributed by atoms with E-state index in [4.69, 9.17) is 19.4 Å². The van der Waals surface area contributed by atoms with E-state index < -0.39 is 0 Å². The first-order valence-corrected chi connectivity index (χ1v) is 16.7. The SMILES string of the molecule is C=CC(=O)N1CCN(c2nc(OCC3CCCN3CC)nc3c2CCC(N2CCCc4cc(C(=O)OC)ccc42)C3)CC1CC#N. The highest BCUT2D eigenvalue weighted by molar-refractivity contribution is 5.90. The van der Waals surface area contributed by atoms with Gasteiger partial charge in [-0.3, -0.25) is 9.69 Å². The third-order valence-corrected chi connectivity index (χ3v) is 10.2. The normalized spacial score (nSPS) is 22.9. The number of rotatable bonds is 9. The average Bonchev–Trinajstić information content (AvgIpc) is 3.56. The zero-order valence-corrected chi connectivity index (χ0v) is 27.1. The molecule has 11 nitrogen and oxygen atoms in total. The molecule has 2 fully saturated rings. The first-order chi connectivity index (χ1) is 22.4. The molecule has 0 spiro atoms. The molecule has 1 aromatic heterocycles. The summed E-state index contributed by atoms with van der Waals surface area (Å²) in [5.74, 6) is 0.413. The number of anilines is 2. The van der Waals surface area contributed by atoms with Gasteiger partial charge in [0, 0.05) is 55.9 Å². The first kappa shape index (κ1) is 31.8. The van der Waals surface area contributed by atoms with Gasteiger partial charge in [-0.25, -0.2) is 4.79 Å². The number of aryl methyl sites for hydroxylation is 1. The van der Waals surface area contributed by atoms with E-state index in [1.807, 2.05) is 12.1 Å². The topological polar surface area (TPSA) is 115 Å². The molecule has 1 aliphatic carbocycles. The van der Waals surface area contributed by atoms with Crippen molar-refractivity contribution in [2.24, 2.45) is 0 Å². The molecule has 11 heteroatoms. The summed E-state index contributed by atoms with van der Waals surface area (Å²) < 4.78 is 11.3. The van der Waals surface area contributed by atoms with Gasteiger partial charge < -0.3 is 24.2 Å². The lowest BCUT2D eigenvalue weighted by Gasteiger charge is -2.43. The van der Waals surface area contributed by atoms with E-state index in [1.54, 1.807) is 4.90 Å². The van der Waals surface area contributed by atoms with Crippen LogP contribution in [0.4, 0.5) is 11.5 Å². The van der Waals surface area contributed by atoms with E-state index in [-0.39, 0.29) is 30.4 Å². The van der Waals surface area contributed by atoms with Crippen LogP contribution in [0.2, 0.25) is 0 Å². The number of ether oxygens (including phenoxy) is 2. The summed E-state index contributed by atoms with van der Waals surface area (Å²) in [6.07, 6.45) is 8.35. The summed E-state index contributed by atoms with van der Waals surface area (Å²) in [6, 6.07) is 8.95. The van der Waals surface area contributed by atoms with Crippen molar-refractivity contribution in [2.45, 2.75) is 76.4 Å². The standard InChI is InChI=1S/C35H45N7O4/c1-4-32(43)42-19-18-40(22-27(42)14-15-36)33-29-12-11-26(41-17-6-8-24-20-25(34(44)45-3)10-13-31(24)41)21-30(29)37-35(38-33)46-23-28-9-7-16-39(28)5-2/h4,10,13,20,26-28H,1,5-9,11-12,14,16-19,21-23H2,2-3H3. The van der Waals surface area contributed by atoms with E-state index in [2.05, 4.69) is 40.3 Å². The van der Waals surface area contributed by atoms with Gasteiger partial charge in [-0.2, -0.15) is 15.2 Å². The van der Waals surface area contributed by atoms with E-state index in [0.717, 1.165) is 75.2 Å². The highest BCUT2D eigenvalue weighted by atomic mass is 16.5. The molecule has 3 unspecified atom stereocenters. The molecule has 6 rings (SSSR count). The molecule has 1 amide bonds. The van der Waals surface area contributed by atoms with Crippen LogP contribution in [-0.4, -0.2) is 103 Å². The van der Waals surface area contributed by atoms with Crippen molar-refractivity contribution >= 4 is 23.4 Å². The third-order valence-electron chi connectivity index (χ3n) is 10.2. The summed E-state index contributed by atoms with van der Waals surface area (Å²) in [5.41, 5.74) is 5.10. The molecule has 3 atom stereocenters. The van der Waals surface area contributed by atoms with Crippen molar-refractivity contribution in [3.05, 3.63) is 53.2 Å². The number of carbonyl (C=O) groups excluding carboxylic acids is 2. The van der Waals surface area contributed by atoms with Crippen molar-refractivity contribution in [2.75, 3.05) is 62.8 Å². The lowest BCUT2D eigenvalue weighted by atomic mass is 9.88. The number of nitriles is 1. The molecule has 0 bridgehead atoms. The maximum Gasteiger partial charge on any atom is 0.337 e. The van der Waals surface area contributed by atoms with Crippen LogP contribution in [0, 0.1) is 11.3 Å². The minimum absolute atomic E-state index is 0.144. The molecular formula is C35H45N7O4. The lowest BCUT2D eigenvalue weighted by Crippen LogP contribution is -2.55. The number of methoxy groups -OCH3 is 1. The van der Waals surface area contributed by atoms with Gasteiger partial charge in [0.1, 0.15) is 12.4 Å². The third kappa shape index (κ3) is 6.41. The van der Waals surface area contributed by atoms with E-state index >= 15 is 0 Å². The minimum Gasteiger partial charge on any atom is -0.465 e. The van der Waals surface area contributed by atoms with Crippen LogP contribution in [0.25, 0.3) is 0 Å². The molecule has 0 saturated carbocycles. The van der Waals surface area contributed by atoms with Crippen molar-refractivity contribution < 1.29 is 19.1 Å². The number of benzene rings is 1. The summed E-state index contributed by atoms with van der Waals surface area (Å²) >= 11 is 0. The quantitative estimate of drug-likeness (QED) is 0.302. The number of aromatic nitrogens is 2. The maximum absolute atomic E-state index is 12.6. The molecule has 2 aromatic rings. The molecule has 4 aliphatic rings. The summed E-state index contributed by atoms with van der Waals surface area (Å²) in [6.45, 7) is 11.1. The number of nitrogens with zero attached hydrogens (tertiary/aromatic N) is 7. The predicted octanol–water partition coefficient (Wildman–Crippen LogP) is 3.55. The van der Waals surface area contributed by atoms with E-state index in [9.17, 15) is 14.9 Å². The Bertz CT molecular complexity index is 1510. The van der Waals surface area contributed by atoms with Crippen molar-refractivity contribution in [1.29, 1.82) is 5.26 Å². The Morgan fingerprint density at radius 3 is 2.76 bits per heavy atom. The van der Waals surface area contributed by atoms with E-state index in [0.29, 0.717) is 43.9 Å². The van der Waals surface area contributed by atoms with Crippen LogP contribution in [0.5, 0.6) is 6.01 Å². The fourth-order valence-electron chi connectivity index (χ4n) is 7.80. The number of carbonyl (C=O) groups is 2. The van der Waals surface area contributed by atoms with Gasteiger partial charge in [0.15, 0.2) is 0 Å². The number of likely N-dealkylation sites (N-methyl/N-ethyl adjacent to an activating group) is 1. The molecule has 2 saturated heterocycles. The molecule has 1 aromatic carbocycles. The fraction of sp³-hybridized carbons (Fsp3) is 0.571. The van der Waals surface area contributed by atoms with Gasteiger partial charge >= 0.3 is 12.0 Å². The molecule has 0 radical (unpaired) electrons. The second kappa shape index (κ2) is 14.1. The Hall–Kier alpha value is -4.17. The Balaban J connectivity index is 1.29. The molecule has 4 heterocycles. The Morgan fingerprint density at radius 2 is 1.98 bits per heavy atom. The van der Waals surface area contributed by atoms with E-state index in [1.165, 1.54) is 30.9 Å². The largest absolute Gasteiger partial charge is 0.465 e. The van der Waals surface area contributed by atoms with Crippen molar-refractivity contribution in [1.82, 2.24) is 19.8 Å². The summed E-state index contributed by atoms with van der Waals surface area (Å²) in [4.78, 5) is 43.8. The predicted molar refractivity (Wildman–Crippen MR) is 175 cm³/mol. The minimum atomic E-state index is -0.311. The number of amides is 1. The number of piperazine rings is 1. The van der Waals surface area contributed by atoms with Gasteiger partial charge in [-0.15, -0.1) is 0 Å². The van der Waals surface area contributed by atoms with Crippen LogP contribution in [0.1, 0.15) is 66.2 Å². The number of hydrogen-bond acceptors (Lipinski definition) is 10. The van der Waals surface area contributed by atoms with Gasteiger partial charge in [-0.05, 0) is 81.5 Å². The van der Waals surface area contributed by atoms with Gasteiger partial charge in [0.05, 0.1) is 36.9 Å². The Kier molecular flexibility index (Phi) is 9.73. The van der Waals surface area contributed by atoms with Crippen LogP contribution >= 0.6 is 0 Å². The van der Waals surface area contributed by atoms with Gasteiger partial charge in [0.2, 0.25) is 5.91 Å². The smallest absolute Gasteiger partial charge is 0.337 e. The zero-order valence-electron chi connectivity index (χ0n) is 27.1. The zero-order chi connectivity index (χ0) is 32.2. The first-order valence-electron chi connectivity index (χ1n) is 16.7. The van der Waals surface area contributed by atoms with Crippen LogP contribution in [-0.2, 0) is 28.8 Å². The van der Waals surface area contributed by atoms with Crippen LogP contribution in [0.3, 0.4) is 0 Å². The fourth-order valence-corrected chi connectivity index (χ4v) is 7.80.